The van der Waals surface area contributed by atoms with Crippen molar-refractivity contribution in [2.75, 3.05) is 13.2 Å². The molecule has 32 heavy (non-hydrogen) atoms. The quantitative estimate of drug-likeness (QED) is 0.671. The van der Waals surface area contributed by atoms with Crippen molar-refractivity contribution in [3.8, 4) is 34.6 Å². The van der Waals surface area contributed by atoms with Gasteiger partial charge in [-0.3, -0.25) is 0 Å². The Morgan fingerprint density at radius 3 is 2.69 bits per heavy atom. The Balaban J connectivity index is 1.61. The highest BCUT2D eigenvalue weighted by molar-refractivity contribution is 5.77. The van der Waals surface area contributed by atoms with Gasteiger partial charge in [-0.05, 0) is 38.1 Å². The number of hydrogen-bond donors (Lipinski definition) is 1. The van der Waals surface area contributed by atoms with Crippen LogP contribution < -0.4 is 15.2 Å². The van der Waals surface area contributed by atoms with Gasteiger partial charge in [-0.2, -0.15) is 5.26 Å². The molecule has 160 valence electrons. The van der Waals surface area contributed by atoms with E-state index in [-0.39, 0.29) is 19.2 Å². The molecule has 0 bridgehead atoms. The smallest absolute Gasteiger partial charge is 0.283 e. The van der Waals surface area contributed by atoms with Gasteiger partial charge < -0.3 is 19.9 Å². The van der Waals surface area contributed by atoms with Crippen LogP contribution in [-0.4, -0.2) is 34.2 Å². The van der Waals surface area contributed by atoms with Crippen molar-refractivity contribution in [2.24, 2.45) is 16.1 Å². The van der Waals surface area contributed by atoms with Crippen LogP contribution in [0.1, 0.15) is 25.0 Å². The van der Waals surface area contributed by atoms with Gasteiger partial charge in [0, 0.05) is 35.3 Å². The lowest BCUT2D eigenvalue weighted by Crippen LogP contribution is -2.31. The van der Waals surface area contributed by atoms with Gasteiger partial charge in [0.1, 0.15) is 31.0 Å². The Morgan fingerprint density at radius 1 is 1.16 bits per heavy atom. The van der Waals surface area contributed by atoms with Crippen LogP contribution in [0.25, 0.3) is 11.1 Å². The molecule has 9 heteroatoms. The topological polar surface area (TPSA) is 129 Å². The molecule has 2 N–H and O–H groups in total. The number of nitriles is 1. The van der Waals surface area contributed by atoms with Gasteiger partial charge in [0.15, 0.2) is 5.54 Å². The first-order valence-corrected chi connectivity index (χ1v) is 10.0. The number of nitrogens with two attached hydrogens (primary N) is 1. The van der Waals surface area contributed by atoms with Gasteiger partial charge in [-0.25, -0.2) is 19.9 Å². The molecule has 5 rings (SSSR count). The number of hydrogen-bond acceptors (Lipinski definition) is 9. The summed E-state index contributed by atoms with van der Waals surface area (Å²) in [6.07, 6.45) is 6.61. The number of ether oxygens (including phenoxy) is 3. The summed E-state index contributed by atoms with van der Waals surface area (Å²) in [7, 11) is 0. The average molecular weight is 428 g/mol. The van der Waals surface area contributed by atoms with Gasteiger partial charge in [-0.1, -0.05) is 0 Å². The molecular weight excluding hydrogens is 408 g/mol. The first-order valence-electron chi connectivity index (χ1n) is 10.0. The molecule has 1 spiro atoms. The molecule has 0 saturated heterocycles. The molecule has 2 aliphatic heterocycles. The minimum absolute atomic E-state index is 0.0918. The zero-order chi connectivity index (χ0) is 22.3. The van der Waals surface area contributed by atoms with Crippen LogP contribution in [0.2, 0.25) is 0 Å². The van der Waals surface area contributed by atoms with Gasteiger partial charge in [-0.15, -0.1) is 0 Å². The Morgan fingerprint density at radius 2 is 1.97 bits per heavy atom. The lowest BCUT2D eigenvalue weighted by Gasteiger charge is -2.33. The van der Waals surface area contributed by atoms with Crippen molar-refractivity contribution in [1.82, 2.24) is 15.0 Å². The Bertz CT molecular complexity index is 1270. The maximum atomic E-state index is 9.28. The first kappa shape index (κ1) is 19.8. The highest BCUT2D eigenvalue weighted by Crippen LogP contribution is 2.51. The predicted molar refractivity (Wildman–Crippen MR) is 115 cm³/mol. The van der Waals surface area contributed by atoms with Crippen molar-refractivity contribution in [2.45, 2.75) is 19.4 Å². The van der Waals surface area contributed by atoms with E-state index >= 15 is 0 Å². The predicted octanol–water partition coefficient (Wildman–Crippen LogP) is 3.16. The molecule has 2 aromatic heterocycles. The van der Waals surface area contributed by atoms with Gasteiger partial charge in [0.2, 0.25) is 5.88 Å². The second-order valence-electron chi connectivity index (χ2n) is 8.35. The largest absolute Gasteiger partial charge is 0.492 e. The lowest BCUT2D eigenvalue weighted by atomic mass is 9.81. The number of fused-ring (bicyclic) bond motifs is 4. The number of pyridine rings is 1. The van der Waals surface area contributed by atoms with E-state index in [0.717, 1.165) is 22.3 Å². The molecule has 0 unspecified atom stereocenters. The minimum Gasteiger partial charge on any atom is -0.492 e. The number of amidine groups is 1. The third-order valence-electron chi connectivity index (χ3n) is 5.43. The molecule has 1 atom stereocenters. The number of aliphatic imine (C=N–C) groups is 1. The highest BCUT2D eigenvalue weighted by atomic mass is 16.5. The van der Waals surface area contributed by atoms with Gasteiger partial charge in [0.05, 0.1) is 17.0 Å². The monoisotopic (exact) mass is 428 g/mol. The third kappa shape index (κ3) is 3.26. The van der Waals surface area contributed by atoms with Crippen molar-refractivity contribution in [3.05, 3.63) is 60.3 Å². The summed E-state index contributed by atoms with van der Waals surface area (Å²) < 4.78 is 17.6. The summed E-state index contributed by atoms with van der Waals surface area (Å²) in [5, 5.41) is 9.28. The van der Waals surface area contributed by atoms with Crippen molar-refractivity contribution < 1.29 is 14.2 Å². The van der Waals surface area contributed by atoms with E-state index in [1.807, 2.05) is 26.0 Å². The van der Waals surface area contributed by atoms with Crippen LogP contribution in [0.3, 0.4) is 0 Å². The maximum Gasteiger partial charge on any atom is 0.283 e. The molecular formula is C23H20N6O3. The lowest BCUT2D eigenvalue weighted by molar-refractivity contribution is 0.225. The third-order valence-corrected chi connectivity index (χ3v) is 5.43. The molecule has 1 aromatic carbocycles. The summed E-state index contributed by atoms with van der Waals surface area (Å²) >= 11 is 0. The van der Waals surface area contributed by atoms with E-state index in [1.165, 1.54) is 6.33 Å². The standard InChI is InChI=1S/C23H20N6O3/c1-22(2,10-24)11-30-16-3-4-19-17(6-16)23(12-31-21(25)29-23)18-5-14(9-28-20(18)32-19)15-7-26-13-27-8-15/h3-9,13H,11-12H2,1-2H3,(H2,25,29)/t23-/m1/s1. The second kappa shape index (κ2) is 7.20. The summed E-state index contributed by atoms with van der Waals surface area (Å²) in [4.78, 5) is 17.4. The fraction of sp³-hybridized carbons (Fsp3) is 0.261. The van der Waals surface area contributed by atoms with E-state index in [0.29, 0.717) is 17.4 Å². The van der Waals surface area contributed by atoms with Gasteiger partial charge in [0.25, 0.3) is 6.02 Å². The number of aromatic nitrogens is 3. The molecule has 0 fully saturated rings. The Labute approximate surface area is 184 Å². The van der Waals surface area contributed by atoms with Crippen LogP contribution in [0, 0.1) is 16.7 Å². The molecule has 0 aliphatic carbocycles. The normalized spacial score (nSPS) is 18.6. The van der Waals surface area contributed by atoms with Crippen molar-refractivity contribution in [3.63, 3.8) is 0 Å². The molecule has 0 saturated carbocycles. The molecule has 9 nitrogen and oxygen atoms in total. The van der Waals surface area contributed by atoms with Crippen LogP contribution >= 0.6 is 0 Å². The molecule has 3 aromatic rings. The zero-order valence-electron chi connectivity index (χ0n) is 17.6. The Hall–Kier alpha value is -4.19. The fourth-order valence-corrected chi connectivity index (χ4v) is 3.70. The average Bonchev–Trinajstić information content (AvgIpc) is 3.21. The number of rotatable bonds is 4. The second-order valence-corrected chi connectivity index (χ2v) is 8.35. The van der Waals surface area contributed by atoms with E-state index in [2.05, 4.69) is 26.0 Å². The highest BCUT2D eigenvalue weighted by Gasteiger charge is 2.48. The number of benzene rings is 1. The van der Waals surface area contributed by atoms with Crippen LogP contribution in [-0.2, 0) is 10.3 Å². The first-order chi connectivity index (χ1) is 15.4. The van der Waals surface area contributed by atoms with Crippen molar-refractivity contribution in [1.29, 1.82) is 5.26 Å². The molecule has 0 amide bonds. The summed E-state index contributed by atoms with van der Waals surface area (Å²) in [6.45, 7) is 4.09. The van der Waals surface area contributed by atoms with Crippen molar-refractivity contribution >= 4 is 6.02 Å². The zero-order valence-corrected chi connectivity index (χ0v) is 17.6. The summed E-state index contributed by atoms with van der Waals surface area (Å²) in [6, 6.07) is 9.73. The van der Waals surface area contributed by atoms with E-state index in [9.17, 15) is 5.26 Å². The number of nitrogens with zero attached hydrogens (tertiary/aromatic N) is 5. The summed E-state index contributed by atoms with van der Waals surface area (Å²) in [5.41, 5.74) is 7.51. The SMILES string of the molecule is CC(C)(C#N)COc1ccc2c(c1)[C@]1(COC(N)=N1)c1cc(-c3cncnc3)cnc1O2. The molecule has 2 aliphatic rings. The fourth-order valence-electron chi connectivity index (χ4n) is 3.70. The van der Waals surface area contributed by atoms with Crippen LogP contribution in [0.15, 0.2) is 54.2 Å². The van der Waals surface area contributed by atoms with E-state index in [4.69, 9.17) is 19.9 Å². The van der Waals surface area contributed by atoms with Crippen LogP contribution in [0.5, 0.6) is 17.4 Å². The molecule has 4 heterocycles. The van der Waals surface area contributed by atoms with Gasteiger partial charge >= 0.3 is 0 Å². The summed E-state index contributed by atoms with van der Waals surface area (Å²) in [5.74, 6) is 1.62. The minimum atomic E-state index is -0.935. The maximum absolute atomic E-state index is 9.28. The molecule has 0 radical (unpaired) electrons. The Kier molecular flexibility index (Phi) is 4.44. The van der Waals surface area contributed by atoms with E-state index in [1.54, 1.807) is 30.7 Å². The van der Waals surface area contributed by atoms with Crippen LogP contribution in [0.4, 0.5) is 0 Å². The van der Waals surface area contributed by atoms with E-state index < -0.39 is 11.0 Å².